The molecule has 1 aromatic rings. The molecule has 4 atom stereocenters. The molecule has 7 nitrogen and oxygen atoms in total. The Morgan fingerprint density at radius 1 is 1.17 bits per heavy atom. The molecule has 2 saturated heterocycles. The molecule has 1 amide bonds. The van der Waals surface area contributed by atoms with Crippen LogP contribution in [0.25, 0.3) is 0 Å². The fourth-order valence-electron chi connectivity index (χ4n) is 5.13. The van der Waals surface area contributed by atoms with E-state index in [4.69, 9.17) is 9.47 Å². The number of piperazine rings is 1. The maximum absolute atomic E-state index is 13.1. The van der Waals surface area contributed by atoms with Gasteiger partial charge in [-0.25, -0.2) is 4.98 Å². The molecule has 4 rings (SSSR count). The maximum Gasteiger partial charge on any atom is 0.433 e. The van der Waals surface area contributed by atoms with E-state index in [0.29, 0.717) is 50.6 Å². The summed E-state index contributed by atoms with van der Waals surface area (Å²) >= 11 is 0. The van der Waals surface area contributed by atoms with E-state index in [0.717, 1.165) is 44.9 Å². The smallest absolute Gasteiger partial charge is 0.379 e. The highest BCUT2D eigenvalue weighted by atomic mass is 19.4. The number of halogens is 3. The van der Waals surface area contributed by atoms with Gasteiger partial charge in [-0.1, -0.05) is 26.3 Å². The first-order valence-electron chi connectivity index (χ1n) is 13.2. The zero-order valence-electron chi connectivity index (χ0n) is 21.7. The maximum atomic E-state index is 13.1. The van der Waals surface area contributed by atoms with Crippen molar-refractivity contribution in [2.24, 2.45) is 11.8 Å². The first-order chi connectivity index (χ1) is 17.3. The predicted octanol–water partition coefficient (Wildman–Crippen LogP) is 3.98. The van der Waals surface area contributed by atoms with E-state index in [9.17, 15) is 18.0 Å². The minimum atomic E-state index is -4.46. The predicted molar refractivity (Wildman–Crippen MR) is 133 cm³/mol. The van der Waals surface area contributed by atoms with Crippen molar-refractivity contribution in [2.75, 3.05) is 57.9 Å². The lowest BCUT2D eigenvalue weighted by molar-refractivity contribution is -0.141. The number of rotatable bonds is 6. The molecule has 1 N–H and O–H groups in total. The van der Waals surface area contributed by atoms with Crippen molar-refractivity contribution < 1.29 is 27.4 Å². The minimum absolute atomic E-state index is 0.00800. The number of ether oxygens (including phenoxy) is 2. The fourth-order valence-corrected chi connectivity index (χ4v) is 5.13. The van der Waals surface area contributed by atoms with Crippen LogP contribution in [0.5, 0.6) is 0 Å². The highest BCUT2D eigenvalue weighted by Gasteiger charge is 2.36. The topological polar surface area (TPSA) is 66.9 Å². The minimum Gasteiger partial charge on any atom is -0.379 e. The van der Waals surface area contributed by atoms with Crippen molar-refractivity contribution in [3.05, 3.63) is 23.9 Å². The van der Waals surface area contributed by atoms with Crippen LogP contribution in [-0.2, 0) is 20.4 Å². The van der Waals surface area contributed by atoms with Gasteiger partial charge in [-0.05, 0) is 37.8 Å². The number of hydrogen-bond acceptors (Lipinski definition) is 6. The van der Waals surface area contributed by atoms with Crippen LogP contribution in [0.2, 0.25) is 0 Å². The summed E-state index contributed by atoms with van der Waals surface area (Å²) in [5, 5.41) is 3.63. The van der Waals surface area contributed by atoms with E-state index >= 15 is 0 Å². The number of hydrogen-bond donors (Lipinski definition) is 1. The van der Waals surface area contributed by atoms with E-state index in [2.05, 4.69) is 24.1 Å². The van der Waals surface area contributed by atoms with Crippen LogP contribution in [0.15, 0.2) is 18.2 Å². The number of amides is 1. The van der Waals surface area contributed by atoms with Gasteiger partial charge in [0.05, 0.1) is 12.7 Å². The highest BCUT2D eigenvalue weighted by molar-refractivity contribution is 5.79. The second kappa shape index (κ2) is 13.6. The second-order valence-corrected chi connectivity index (χ2v) is 9.91. The lowest BCUT2D eigenvalue weighted by Crippen LogP contribution is -2.50. The van der Waals surface area contributed by atoms with Crippen LogP contribution in [-0.4, -0.2) is 81.0 Å². The van der Waals surface area contributed by atoms with Gasteiger partial charge in [0.2, 0.25) is 5.91 Å². The summed E-state index contributed by atoms with van der Waals surface area (Å²) in [4.78, 5) is 20.5. The molecule has 1 aliphatic carbocycles. The molecule has 3 heterocycles. The van der Waals surface area contributed by atoms with Gasteiger partial charge in [0, 0.05) is 64.3 Å². The molecule has 0 spiro atoms. The zero-order valence-corrected chi connectivity index (χ0v) is 21.7. The summed E-state index contributed by atoms with van der Waals surface area (Å²) in [6, 6.07) is 4.27. The Morgan fingerprint density at radius 2 is 1.89 bits per heavy atom. The van der Waals surface area contributed by atoms with E-state index in [1.165, 1.54) is 12.5 Å². The highest BCUT2D eigenvalue weighted by Crippen LogP contribution is 2.30. The van der Waals surface area contributed by atoms with Gasteiger partial charge >= 0.3 is 6.18 Å². The molecule has 3 fully saturated rings. The van der Waals surface area contributed by atoms with Gasteiger partial charge in [0.15, 0.2) is 0 Å². The molecule has 0 aromatic carbocycles. The van der Waals surface area contributed by atoms with Crippen LogP contribution < -0.4 is 10.2 Å². The van der Waals surface area contributed by atoms with Crippen molar-refractivity contribution in [3.8, 4) is 0 Å². The first kappa shape index (κ1) is 28.7. The average Bonchev–Trinajstić information content (AvgIpc) is 3.36. The van der Waals surface area contributed by atoms with Crippen LogP contribution in [0.3, 0.4) is 0 Å². The van der Waals surface area contributed by atoms with Crippen LogP contribution in [0.4, 0.5) is 19.0 Å². The lowest BCUT2D eigenvalue weighted by atomic mass is 9.96. The van der Waals surface area contributed by atoms with Crippen molar-refractivity contribution in [2.45, 2.75) is 64.3 Å². The third-order valence-corrected chi connectivity index (χ3v) is 7.13. The van der Waals surface area contributed by atoms with E-state index < -0.39 is 11.9 Å². The Morgan fingerprint density at radius 3 is 2.56 bits per heavy atom. The summed E-state index contributed by atoms with van der Waals surface area (Å²) < 4.78 is 49.9. The molecule has 1 aromatic heterocycles. The number of methoxy groups -OCH3 is 1. The molecule has 204 valence electrons. The van der Waals surface area contributed by atoms with Crippen LogP contribution in [0.1, 0.15) is 51.6 Å². The molecule has 36 heavy (non-hydrogen) atoms. The Labute approximate surface area is 212 Å². The first-order valence-corrected chi connectivity index (χ1v) is 13.2. The Hall–Kier alpha value is -1.91. The average molecular weight is 515 g/mol. The molecule has 10 heteroatoms. The van der Waals surface area contributed by atoms with Gasteiger partial charge < -0.3 is 24.6 Å². The molecule has 0 bridgehead atoms. The van der Waals surface area contributed by atoms with Gasteiger partial charge in [-0.2, -0.15) is 13.2 Å². The molecule has 1 saturated carbocycles. The molecule has 3 aliphatic rings. The summed E-state index contributed by atoms with van der Waals surface area (Å²) in [6.07, 6.45) is 0.558. The molecular weight excluding hydrogens is 473 g/mol. The van der Waals surface area contributed by atoms with Gasteiger partial charge in [0.1, 0.15) is 11.5 Å². The monoisotopic (exact) mass is 514 g/mol. The normalized spacial score (nSPS) is 26.9. The van der Waals surface area contributed by atoms with Crippen molar-refractivity contribution in [1.29, 1.82) is 0 Å². The van der Waals surface area contributed by atoms with Gasteiger partial charge in [0.25, 0.3) is 0 Å². The van der Waals surface area contributed by atoms with Gasteiger partial charge in [-0.15, -0.1) is 0 Å². The summed E-state index contributed by atoms with van der Waals surface area (Å²) in [7, 11) is 1.72. The van der Waals surface area contributed by atoms with Crippen molar-refractivity contribution in [1.82, 2.24) is 15.2 Å². The van der Waals surface area contributed by atoms with Crippen LogP contribution in [0, 0.1) is 11.8 Å². The van der Waals surface area contributed by atoms with E-state index in [1.54, 1.807) is 13.2 Å². The summed E-state index contributed by atoms with van der Waals surface area (Å²) in [5.41, 5.74) is -0.888. The second-order valence-electron chi connectivity index (χ2n) is 9.91. The Balaban J connectivity index is 0.00000115. The Kier molecular flexibility index (Phi) is 10.8. The lowest BCUT2D eigenvalue weighted by Gasteiger charge is -2.36. The number of carbonyl (C=O) groups excluding carboxylic acids is 1. The number of alkyl halides is 3. The largest absolute Gasteiger partial charge is 0.433 e. The van der Waals surface area contributed by atoms with Crippen molar-refractivity contribution >= 4 is 11.7 Å². The SMILES string of the molecule is CCC.COC1COCCC1CNC1CCC(C(=O)N2CCN(c3cccc(C(F)(F)F)n3)CC2)C1. The molecule has 2 aliphatic heterocycles. The third kappa shape index (κ3) is 7.79. The van der Waals surface area contributed by atoms with Crippen LogP contribution >= 0.6 is 0 Å². The molecule has 4 unspecified atom stereocenters. The number of nitrogens with zero attached hydrogens (tertiary/aromatic N) is 3. The fraction of sp³-hybridized carbons (Fsp3) is 0.769. The zero-order chi connectivity index (χ0) is 26.1. The Bertz CT molecular complexity index is 818. The number of carbonyl (C=O) groups is 1. The third-order valence-electron chi connectivity index (χ3n) is 7.13. The number of aromatic nitrogens is 1. The number of anilines is 1. The standard InChI is InChI=1S/C23H33F3N4O3.C3H8/c1-32-19-15-33-12-7-17(19)14-27-18-6-5-16(13-18)22(31)30-10-8-29(9-11-30)21-4-2-3-20(28-21)23(24,25)26;1-3-2/h2-4,16-19,27H,5-15H2,1H3;3H2,1-2H3. The molecule has 0 radical (unpaired) electrons. The van der Waals surface area contributed by atoms with Gasteiger partial charge in [-0.3, -0.25) is 4.79 Å². The summed E-state index contributed by atoms with van der Waals surface area (Å²) in [6.45, 7) is 8.49. The molecular formula is C26H41F3N4O3. The van der Waals surface area contributed by atoms with E-state index in [1.807, 2.05) is 9.80 Å². The number of nitrogens with one attached hydrogen (secondary N) is 1. The van der Waals surface area contributed by atoms with Crippen molar-refractivity contribution in [3.63, 3.8) is 0 Å². The summed E-state index contributed by atoms with van der Waals surface area (Å²) in [5.74, 6) is 0.908. The van der Waals surface area contributed by atoms with E-state index in [-0.39, 0.29) is 17.9 Å². The quantitative estimate of drug-likeness (QED) is 0.620. The number of pyridine rings is 1.